The molecule has 2 saturated heterocycles. The molecule has 1 aliphatic carbocycles. The molecule has 1 aromatic carbocycles. The third-order valence-electron chi connectivity index (χ3n) is 6.78. The first-order chi connectivity index (χ1) is 13.7. The highest BCUT2D eigenvalue weighted by atomic mass is 16.5. The molecule has 0 aromatic heterocycles. The number of hydrogen-bond acceptors (Lipinski definition) is 4. The molecular formula is C23H35N3O2. The Bertz CT molecular complexity index is 630. The number of likely N-dealkylation sites (tertiary alicyclic amines) is 2. The van der Waals surface area contributed by atoms with Crippen LogP contribution in [-0.2, 0) is 22.5 Å². The van der Waals surface area contributed by atoms with E-state index >= 15 is 0 Å². The van der Waals surface area contributed by atoms with Crippen LogP contribution in [0.5, 0.6) is 0 Å². The van der Waals surface area contributed by atoms with Gasteiger partial charge in [-0.2, -0.15) is 0 Å². The number of benzene rings is 1. The molecule has 154 valence electrons. The van der Waals surface area contributed by atoms with E-state index in [1.54, 1.807) is 0 Å². The van der Waals surface area contributed by atoms with Gasteiger partial charge in [0.25, 0.3) is 0 Å². The third kappa shape index (κ3) is 5.34. The van der Waals surface area contributed by atoms with Crippen LogP contribution in [0.1, 0.15) is 36.8 Å². The molecule has 3 atom stereocenters. The predicted octanol–water partition coefficient (Wildman–Crippen LogP) is 2.28. The maximum absolute atomic E-state index is 11.0. The Morgan fingerprint density at radius 3 is 2.36 bits per heavy atom. The summed E-state index contributed by atoms with van der Waals surface area (Å²) in [5, 5.41) is 0. The fourth-order valence-electron chi connectivity index (χ4n) is 5.13. The molecule has 4 rings (SSSR count). The number of carbonyl (C=O) groups excluding carboxylic acids is 1. The van der Waals surface area contributed by atoms with Crippen molar-refractivity contribution >= 4 is 5.91 Å². The van der Waals surface area contributed by atoms with E-state index in [4.69, 9.17) is 10.5 Å². The van der Waals surface area contributed by atoms with Gasteiger partial charge in [0.2, 0.25) is 5.91 Å². The Morgan fingerprint density at radius 2 is 1.68 bits per heavy atom. The Balaban J connectivity index is 1.08. The molecule has 5 nitrogen and oxygen atoms in total. The number of hydrogen-bond donors (Lipinski definition) is 1. The average molecular weight is 386 g/mol. The summed E-state index contributed by atoms with van der Waals surface area (Å²) in [4.78, 5) is 16.1. The summed E-state index contributed by atoms with van der Waals surface area (Å²) in [6.07, 6.45) is 5.67. The Labute approximate surface area is 169 Å². The zero-order valence-electron chi connectivity index (χ0n) is 17.0. The number of ether oxygens (including phenoxy) is 1. The maximum Gasteiger partial charge on any atom is 0.221 e. The molecule has 1 amide bonds. The van der Waals surface area contributed by atoms with Gasteiger partial charge in [0.05, 0.1) is 13.0 Å². The van der Waals surface area contributed by atoms with Gasteiger partial charge in [-0.05, 0) is 61.2 Å². The standard InChI is InChI=1S/C23H35N3O2/c24-23(27)13-18-5-7-19(8-6-18)14-26-15-20-21(16-26)22(20)17-28-12-4-11-25-9-2-1-3-10-25/h5-8,20-22H,1-4,9-17H2,(H2,24,27)/t20-,21+,22?. The third-order valence-corrected chi connectivity index (χ3v) is 6.78. The minimum absolute atomic E-state index is 0.271. The van der Waals surface area contributed by atoms with Crippen molar-refractivity contribution in [3.8, 4) is 0 Å². The van der Waals surface area contributed by atoms with Crippen LogP contribution < -0.4 is 5.73 Å². The normalized spacial score (nSPS) is 27.6. The van der Waals surface area contributed by atoms with Crippen LogP contribution >= 0.6 is 0 Å². The minimum Gasteiger partial charge on any atom is -0.381 e. The quantitative estimate of drug-likeness (QED) is 0.628. The summed E-state index contributed by atoms with van der Waals surface area (Å²) in [5.41, 5.74) is 7.57. The predicted molar refractivity (Wildman–Crippen MR) is 111 cm³/mol. The number of carbonyl (C=O) groups is 1. The second kappa shape index (κ2) is 9.38. The van der Waals surface area contributed by atoms with Crippen molar-refractivity contribution in [2.75, 3.05) is 45.9 Å². The van der Waals surface area contributed by atoms with Crippen molar-refractivity contribution in [1.29, 1.82) is 0 Å². The number of piperidine rings is 2. The van der Waals surface area contributed by atoms with Gasteiger partial charge in [0.15, 0.2) is 0 Å². The van der Waals surface area contributed by atoms with Crippen LogP contribution in [0.3, 0.4) is 0 Å². The Kier molecular flexibility index (Phi) is 6.65. The van der Waals surface area contributed by atoms with Crippen LogP contribution in [0, 0.1) is 17.8 Å². The van der Waals surface area contributed by atoms with Crippen molar-refractivity contribution in [1.82, 2.24) is 9.80 Å². The van der Waals surface area contributed by atoms with Crippen molar-refractivity contribution in [3.05, 3.63) is 35.4 Å². The summed E-state index contributed by atoms with van der Waals surface area (Å²) in [6, 6.07) is 8.31. The molecule has 0 spiro atoms. The highest BCUT2D eigenvalue weighted by Crippen LogP contribution is 2.51. The Morgan fingerprint density at radius 1 is 1.00 bits per heavy atom. The lowest BCUT2D eigenvalue weighted by Gasteiger charge is -2.26. The van der Waals surface area contributed by atoms with E-state index in [1.165, 1.54) is 64.0 Å². The van der Waals surface area contributed by atoms with Gasteiger partial charge in [-0.25, -0.2) is 0 Å². The van der Waals surface area contributed by atoms with Crippen LogP contribution in [0.15, 0.2) is 24.3 Å². The van der Waals surface area contributed by atoms with Crippen molar-refractivity contribution in [2.45, 2.75) is 38.6 Å². The first-order valence-corrected chi connectivity index (χ1v) is 11.1. The summed E-state index contributed by atoms with van der Waals surface area (Å²) in [5.74, 6) is 2.21. The lowest BCUT2D eigenvalue weighted by atomic mass is 10.1. The van der Waals surface area contributed by atoms with E-state index in [0.717, 1.165) is 43.1 Å². The first-order valence-electron chi connectivity index (χ1n) is 11.1. The summed E-state index contributed by atoms with van der Waals surface area (Å²) in [7, 11) is 0. The smallest absolute Gasteiger partial charge is 0.221 e. The topological polar surface area (TPSA) is 58.8 Å². The number of fused-ring (bicyclic) bond motifs is 1. The fraction of sp³-hybridized carbons (Fsp3) is 0.696. The molecule has 1 saturated carbocycles. The summed E-state index contributed by atoms with van der Waals surface area (Å²) < 4.78 is 6.00. The molecular weight excluding hydrogens is 350 g/mol. The molecule has 1 aromatic rings. The van der Waals surface area contributed by atoms with Crippen LogP contribution in [0.2, 0.25) is 0 Å². The molecule has 2 N–H and O–H groups in total. The first kappa shape index (κ1) is 19.9. The zero-order chi connectivity index (χ0) is 19.3. The van der Waals surface area contributed by atoms with E-state index in [-0.39, 0.29) is 5.91 Å². The number of amides is 1. The number of nitrogens with zero attached hydrogens (tertiary/aromatic N) is 2. The lowest BCUT2D eigenvalue weighted by Crippen LogP contribution is -2.31. The SMILES string of the molecule is NC(=O)Cc1ccc(CN2C[C@@H]3C(COCCCN4CCCCC4)[C@@H]3C2)cc1. The number of primary amides is 1. The molecule has 3 fully saturated rings. The molecule has 28 heavy (non-hydrogen) atoms. The fourth-order valence-corrected chi connectivity index (χ4v) is 5.13. The summed E-state index contributed by atoms with van der Waals surface area (Å²) in [6.45, 7) is 9.09. The van der Waals surface area contributed by atoms with E-state index in [0.29, 0.717) is 6.42 Å². The second-order valence-electron chi connectivity index (χ2n) is 8.98. The monoisotopic (exact) mass is 385 g/mol. The van der Waals surface area contributed by atoms with Gasteiger partial charge in [-0.15, -0.1) is 0 Å². The highest BCUT2D eigenvalue weighted by molar-refractivity contribution is 5.76. The van der Waals surface area contributed by atoms with Crippen LogP contribution in [-0.4, -0.2) is 61.6 Å². The molecule has 2 heterocycles. The van der Waals surface area contributed by atoms with E-state index in [9.17, 15) is 4.79 Å². The average Bonchev–Trinajstić information content (AvgIpc) is 3.14. The van der Waals surface area contributed by atoms with Crippen LogP contribution in [0.4, 0.5) is 0 Å². The minimum atomic E-state index is -0.271. The van der Waals surface area contributed by atoms with Gasteiger partial charge < -0.3 is 15.4 Å². The van der Waals surface area contributed by atoms with Gasteiger partial charge in [0.1, 0.15) is 0 Å². The maximum atomic E-state index is 11.0. The van der Waals surface area contributed by atoms with Crippen molar-refractivity contribution in [3.63, 3.8) is 0 Å². The van der Waals surface area contributed by atoms with Crippen molar-refractivity contribution in [2.24, 2.45) is 23.5 Å². The molecule has 0 radical (unpaired) electrons. The lowest BCUT2D eigenvalue weighted by molar-refractivity contribution is -0.117. The zero-order valence-corrected chi connectivity index (χ0v) is 17.0. The van der Waals surface area contributed by atoms with Crippen LogP contribution in [0.25, 0.3) is 0 Å². The largest absolute Gasteiger partial charge is 0.381 e. The molecule has 1 unspecified atom stereocenters. The van der Waals surface area contributed by atoms with Gasteiger partial charge in [-0.3, -0.25) is 9.69 Å². The molecule has 5 heteroatoms. The molecule has 3 aliphatic rings. The van der Waals surface area contributed by atoms with Gasteiger partial charge in [-0.1, -0.05) is 30.7 Å². The van der Waals surface area contributed by atoms with Gasteiger partial charge in [0, 0.05) is 32.8 Å². The van der Waals surface area contributed by atoms with E-state index in [2.05, 4.69) is 21.9 Å². The van der Waals surface area contributed by atoms with Gasteiger partial charge >= 0.3 is 0 Å². The summed E-state index contributed by atoms with van der Waals surface area (Å²) >= 11 is 0. The number of rotatable bonds is 10. The molecule has 0 bridgehead atoms. The van der Waals surface area contributed by atoms with Crippen molar-refractivity contribution < 1.29 is 9.53 Å². The van der Waals surface area contributed by atoms with E-state index in [1.807, 2.05) is 12.1 Å². The molecule has 2 aliphatic heterocycles. The Hall–Kier alpha value is -1.43. The highest BCUT2D eigenvalue weighted by Gasteiger charge is 2.55. The second-order valence-corrected chi connectivity index (χ2v) is 8.98. The van der Waals surface area contributed by atoms with E-state index < -0.39 is 0 Å². The number of nitrogens with two attached hydrogens (primary N) is 1.